The number of likely N-dealkylation sites (N-methyl/N-ethyl adjacent to an activating group) is 1. The van der Waals surface area contributed by atoms with E-state index in [9.17, 15) is 0 Å². The molecule has 0 spiro atoms. The molecule has 4 nitrogen and oxygen atoms in total. The van der Waals surface area contributed by atoms with Crippen molar-refractivity contribution < 1.29 is 4.74 Å². The number of nitrogens with one attached hydrogen (secondary N) is 1. The molecule has 1 atom stereocenters. The lowest BCUT2D eigenvalue weighted by Gasteiger charge is -2.17. The summed E-state index contributed by atoms with van der Waals surface area (Å²) in [7, 11) is 5.60. The molecule has 2 rings (SSSR count). The molecule has 0 fully saturated rings. The minimum atomic E-state index is 0.243. The first-order chi connectivity index (χ1) is 9.15. The summed E-state index contributed by atoms with van der Waals surface area (Å²) in [5.74, 6) is 0.852. The number of rotatable bonds is 5. The van der Waals surface area contributed by atoms with Gasteiger partial charge in [-0.05, 0) is 53.2 Å². The summed E-state index contributed by atoms with van der Waals surface area (Å²) >= 11 is 3.52. The molecule has 102 valence electrons. The van der Waals surface area contributed by atoms with Crippen LogP contribution in [0.5, 0.6) is 5.75 Å². The van der Waals surface area contributed by atoms with E-state index >= 15 is 0 Å². The number of benzene rings is 1. The van der Waals surface area contributed by atoms with Gasteiger partial charge in [0.2, 0.25) is 0 Å². The first-order valence-electron chi connectivity index (χ1n) is 6.13. The summed E-state index contributed by atoms with van der Waals surface area (Å²) in [6.45, 7) is 0. The molecular weight excluding hydrogens is 306 g/mol. The largest absolute Gasteiger partial charge is 0.496 e. The number of aromatic nitrogens is 2. The summed E-state index contributed by atoms with van der Waals surface area (Å²) in [6.07, 6.45) is 2.72. The van der Waals surface area contributed by atoms with E-state index in [1.807, 2.05) is 37.1 Å². The third-order valence-corrected chi connectivity index (χ3v) is 3.84. The van der Waals surface area contributed by atoms with Gasteiger partial charge in [0.1, 0.15) is 5.75 Å². The summed E-state index contributed by atoms with van der Waals surface area (Å²) in [6, 6.07) is 8.45. The summed E-state index contributed by atoms with van der Waals surface area (Å²) in [5.41, 5.74) is 2.42. The average Bonchev–Trinajstić information content (AvgIpc) is 2.82. The molecule has 0 bridgehead atoms. The van der Waals surface area contributed by atoms with Crippen LogP contribution in [0.15, 0.2) is 34.9 Å². The molecule has 19 heavy (non-hydrogen) atoms. The first-order valence-corrected chi connectivity index (χ1v) is 6.92. The molecule has 5 heteroatoms. The highest BCUT2D eigenvalue weighted by Gasteiger charge is 2.14. The highest BCUT2D eigenvalue weighted by molar-refractivity contribution is 9.10. The lowest BCUT2D eigenvalue weighted by molar-refractivity contribution is 0.412. The van der Waals surface area contributed by atoms with E-state index in [-0.39, 0.29) is 6.04 Å². The predicted molar refractivity (Wildman–Crippen MR) is 79.4 cm³/mol. The fourth-order valence-electron chi connectivity index (χ4n) is 2.15. The zero-order valence-electron chi connectivity index (χ0n) is 11.4. The minimum Gasteiger partial charge on any atom is -0.496 e. The van der Waals surface area contributed by atoms with Crippen molar-refractivity contribution in [2.45, 2.75) is 12.5 Å². The number of methoxy groups -OCH3 is 1. The molecule has 1 N–H and O–H groups in total. The first kappa shape index (κ1) is 14.1. The summed E-state index contributed by atoms with van der Waals surface area (Å²) in [5, 5.41) is 7.55. The van der Waals surface area contributed by atoms with Gasteiger partial charge in [0.15, 0.2) is 0 Å². The topological polar surface area (TPSA) is 39.1 Å². The lowest BCUT2D eigenvalue weighted by atomic mass is 10.0. The molecule has 1 unspecified atom stereocenters. The maximum Gasteiger partial charge on any atom is 0.133 e. The Hall–Kier alpha value is -1.33. The number of ether oxygens (including phenoxy) is 1. The Morgan fingerprint density at radius 1 is 1.42 bits per heavy atom. The van der Waals surface area contributed by atoms with Crippen LogP contribution in [0.25, 0.3) is 0 Å². The van der Waals surface area contributed by atoms with Crippen LogP contribution in [0.4, 0.5) is 0 Å². The molecule has 1 aromatic carbocycles. The van der Waals surface area contributed by atoms with Gasteiger partial charge in [-0.25, -0.2) is 0 Å². The number of halogens is 1. The van der Waals surface area contributed by atoms with Crippen molar-refractivity contribution in [1.82, 2.24) is 15.1 Å². The van der Waals surface area contributed by atoms with Crippen molar-refractivity contribution in [2.75, 3.05) is 14.2 Å². The summed E-state index contributed by atoms with van der Waals surface area (Å²) in [4.78, 5) is 0. The Kier molecular flexibility index (Phi) is 4.61. The van der Waals surface area contributed by atoms with Crippen LogP contribution in [0.3, 0.4) is 0 Å². The number of hydrogen-bond donors (Lipinski definition) is 1. The maximum absolute atomic E-state index is 5.25. The Morgan fingerprint density at radius 2 is 2.21 bits per heavy atom. The van der Waals surface area contributed by atoms with Crippen LogP contribution in [0, 0.1) is 0 Å². The van der Waals surface area contributed by atoms with E-state index in [4.69, 9.17) is 4.74 Å². The van der Waals surface area contributed by atoms with Gasteiger partial charge in [0.25, 0.3) is 0 Å². The predicted octanol–water partition coefficient (Wildman–Crippen LogP) is 2.69. The van der Waals surface area contributed by atoms with Crippen LogP contribution in [-0.2, 0) is 13.5 Å². The molecular formula is C14H18BrN3O. The van der Waals surface area contributed by atoms with E-state index in [0.29, 0.717) is 0 Å². The van der Waals surface area contributed by atoms with Gasteiger partial charge in [0, 0.05) is 13.2 Å². The smallest absolute Gasteiger partial charge is 0.133 e. The van der Waals surface area contributed by atoms with Gasteiger partial charge in [-0.3, -0.25) is 4.68 Å². The van der Waals surface area contributed by atoms with E-state index in [0.717, 1.165) is 16.6 Å². The molecule has 1 aromatic heterocycles. The third-order valence-electron chi connectivity index (χ3n) is 3.22. The second kappa shape index (κ2) is 6.21. The van der Waals surface area contributed by atoms with Crippen LogP contribution in [-0.4, -0.2) is 23.9 Å². The monoisotopic (exact) mass is 323 g/mol. The van der Waals surface area contributed by atoms with Gasteiger partial charge in [-0.1, -0.05) is 6.07 Å². The Labute approximate surface area is 121 Å². The van der Waals surface area contributed by atoms with Gasteiger partial charge in [-0.15, -0.1) is 0 Å². The molecule has 0 saturated heterocycles. The number of nitrogens with zero attached hydrogens (tertiary/aromatic N) is 2. The van der Waals surface area contributed by atoms with E-state index < -0.39 is 0 Å². The average molecular weight is 324 g/mol. The van der Waals surface area contributed by atoms with Crippen molar-refractivity contribution in [3.8, 4) is 5.75 Å². The van der Waals surface area contributed by atoms with Crippen LogP contribution in [0.1, 0.15) is 17.3 Å². The second-order valence-electron chi connectivity index (χ2n) is 4.39. The van der Waals surface area contributed by atoms with Crippen molar-refractivity contribution in [3.05, 3.63) is 46.2 Å². The minimum absolute atomic E-state index is 0.243. The molecule has 1 heterocycles. The zero-order chi connectivity index (χ0) is 13.8. The fraction of sp³-hybridized carbons (Fsp3) is 0.357. The second-order valence-corrected chi connectivity index (χ2v) is 5.25. The standard InChI is InChI=1S/C14H18BrN3O/c1-16-12(13-6-7-17-18(13)2)9-10-4-5-14(19-3)11(15)8-10/h4-8,12,16H,9H2,1-3H3. The van der Waals surface area contributed by atoms with Gasteiger partial charge in [-0.2, -0.15) is 5.10 Å². The molecule has 0 amide bonds. The molecule has 0 saturated carbocycles. The molecule has 0 aliphatic carbocycles. The van der Waals surface area contributed by atoms with Gasteiger partial charge < -0.3 is 10.1 Å². The number of hydrogen-bond acceptors (Lipinski definition) is 3. The highest BCUT2D eigenvalue weighted by Crippen LogP contribution is 2.27. The molecule has 0 radical (unpaired) electrons. The van der Waals surface area contributed by atoms with Gasteiger partial charge in [0.05, 0.1) is 23.3 Å². The lowest BCUT2D eigenvalue weighted by Crippen LogP contribution is -2.21. The van der Waals surface area contributed by atoms with Crippen molar-refractivity contribution in [2.24, 2.45) is 7.05 Å². The van der Waals surface area contributed by atoms with Crippen LogP contribution >= 0.6 is 15.9 Å². The SMILES string of the molecule is CNC(Cc1ccc(OC)c(Br)c1)c1ccnn1C. The Bertz CT molecular complexity index is 553. The van der Waals surface area contributed by atoms with Crippen molar-refractivity contribution in [1.29, 1.82) is 0 Å². The Balaban J connectivity index is 2.19. The highest BCUT2D eigenvalue weighted by atomic mass is 79.9. The van der Waals surface area contributed by atoms with Crippen LogP contribution in [0.2, 0.25) is 0 Å². The summed E-state index contributed by atoms with van der Waals surface area (Å²) < 4.78 is 8.13. The molecule has 0 aliphatic heterocycles. The van der Waals surface area contributed by atoms with Crippen LogP contribution < -0.4 is 10.1 Å². The van der Waals surface area contributed by atoms with E-state index in [1.54, 1.807) is 7.11 Å². The van der Waals surface area contributed by atoms with Crippen molar-refractivity contribution >= 4 is 15.9 Å². The van der Waals surface area contributed by atoms with E-state index in [1.165, 1.54) is 11.3 Å². The van der Waals surface area contributed by atoms with Crippen molar-refractivity contribution in [3.63, 3.8) is 0 Å². The van der Waals surface area contributed by atoms with Gasteiger partial charge >= 0.3 is 0 Å². The van der Waals surface area contributed by atoms with E-state index in [2.05, 4.69) is 38.5 Å². The molecule has 0 aliphatic rings. The molecule has 2 aromatic rings. The normalized spacial score (nSPS) is 12.4. The maximum atomic E-state index is 5.25. The Morgan fingerprint density at radius 3 is 2.74 bits per heavy atom. The number of aryl methyl sites for hydroxylation is 1. The zero-order valence-corrected chi connectivity index (χ0v) is 12.9. The fourth-order valence-corrected chi connectivity index (χ4v) is 2.74. The quantitative estimate of drug-likeness (QED) is 0.919. The third kappa shape index (κ3) is 3.16.